The molecule has 6 heteroatoms. The molecular weight excluding hydrogens is 324 g/mol. The number of ether oxygens (including phenoxy) is 1. The highest BCUT2D eigenvalue weighted by Crippen LogP contribution is 2.24. The average molecular weight is 343 g/mol. The number of hydrogen-bond acceptors (Lipinski definition) is 4. The first kappa shape index (κ1) is 15.6. The summed E-state index contributed by atoms with van der Waals surface area (Å²) >= 11 is 6.28. The Morgan fingerprint density at radius 2 is 2.21 bits per heavy atom. The minimum atomic E-state index is 0.150. The molecule has 3 heterocycles. The molecule has 2 aromatic heterocycles. The number of fused-ring (bicyclic) bond motifs is 1. The van der Waals surface area contributed by atoms with Crippen LogP contribution in [0.1, 0.15) is 5.56 Å². The predicted molar refractivity (Wildman–Crippen MR) is 94.0 cm³/mol. The molecular formula is C18H19ClN4O. The molecule has 0 amide bonds. The van der Waals surface area contributed by atoms with Crippen LogP contribution in [0.3, 0.4) is 0 Å². The second-order valence-corrected chi connectivity index (χ2v) is 6.53. The summed E-state index contributed by atoms with van der Waals surface area (Å²) in [6.45, 7) is 4.13. The summed E-state index contributed by atoms with van der Waals surface area (Å²) in [5.41, 5.74) is 2.19. The van der Waals surface area contributed by atoms with Gasteiger partial charge in [-0.15, -0.1) is 0 Å². The summed E-state index contributed by atoms with van der Waals surface area (Å²) in [4.78, 5) is 6.94. The lowest BCUT2D eigenvalue weighted by Crippen LogP contribution is -2.43. The maximum atomic E-state index is 6.28. The van der Waals surface area contributed by atoms with E-state index in [0.29, 0.717) is 0 Å². The van der Waals surface area contributed by atoms with E-state index in [1.54, 1.807) is 6.20 Å². The number of aromatic nitrogens is 3. The second-order valence-electron chi connectivity index (χ2n) is 6.10. The van der Waals surface area contributed by atoms with Crippen LogP contribution in [0.2, 0.25) is 5.02 Å². The topological polar surface area (TPSA) is 43.2 Å². The zero-order valence-electron chi connectivity index (χ0n) is 13.3. The molecule has 1 fully saturated rings. The Bertz CT molecular complexity index is 821. The number of benzene rings is 1. The SMILES string of the molecule is Clc1cc(CN2CCO[C@H](Cn3cccn3)C2)c2ncccc2c1. The Labute approximate surface area is 145 Å². The summed E-state index contributed by atoms with van der Waals surface area (Å²) in [6.07, 6.45) is 5.75. The molecule has 1 atom stereocenters. The van der Waals surface area contributed by atoms with Crippen LogP contribution < -0.4 is 0 Å². The first-order valence-corrected chi connectivity index (χ1v) is 8.50. The van der Waals surface area contributed by atoms with Gasteiger partial charge in [0.1, 0.15) is 0 Å². The summed E-state index contributed by atoms with van der Waals surface area (Å²) in [6, 6.07) is 9.92. The van der Waals surface area contributed by atoms with Crippen molar-refractivity contribution in [2.45, 2.75) is 19.2 Å². The molecule has 0 saturated carbocycles. The molecule has 1 aromatic carbocycles. The van der Waals surface area contributed by atoms with Crippen LogP contribution in [0.5, 0.6) is 0 Å². The van der Waals surface area contributed by atoms with E-state index in [1.165, 1.54) is 0 Å². The molecule has 1 aliphatic heterocycles. The molecule has 0 radical (unpaired) electrons. The van der Waals surface area contributed by atoms with E-state index >= 15 is 0 Å². The molecule has 0 aliphatic carbocycles. The smallest absolute Gasteiger partial charge is 0.0898 e. The van der Waals surface area contributed by atoms with Gasteiger partial charge in [0.2, 0.25) is 0 Å². The Balaban J connectivity index is 1.50. The third-order valence-corrected chi connectivity index (χ3v) is 4.53. The Morgan fingerprint density at radius 1 is 1.25 bits per heavy atom. The molecule has 3 aromatic rings. The van der Waals surface area contributed by atoms with E-state index in [1.807, 2.05) is 41.3 Å². The van der Waals surface area contributed by atoms with Crippen molar-refractivity contribution >= 4 is 22.5 Å². The lowest BCUT2D eigenvalue weighted by molar-refractivity contribution is -0.0401. The third kappa shape index (κ3) is 3.43. The van der Waals surface area contributed by atoms with Gasteiger partial charge in [0, 0.05) is 48.6 Å². The minimum Gasteiger partial charge on any atom is -0.374 e. The van der Waals surface area contributed by atoms with Gasteiger partial charge in [-0.1, -0.05) is 17.7 Å². The summed E-state index contributed by atoms with van der Waals surface area (Å²) in [5.74, 6) is 0. The van der Waals surface area contributed by atoms with Crippen LogP contribution in [0.15, 0.2) is 48.9 Å². The highest BCUT2D eigenvalue weighted by Gasteiger charge is 2.22. The number of nitrogens with zero attached hydrogens (tertiary/aromatic N) is 4. The van der Waals surface area contributed by atoms with E-state index in [2.05, 4.69) is 21.0 Å². The standard InChI is InChI=1S/C18H19ClN4O/c19-16-9-14-3-1-4-20-18(14)15(10-16)11-22-7-8-24-17(12-22)13-23-6-2-5-21-23/h1-6,9-10,17H,7-8,11-13H2/t17-/m0/s1. The molecule has 0 unspecified atom stereocenters. The van der Waals surface area contributed by atoms with Gasteiger partial charge in [0.15, 0.2) is 0 Å². The predicted octanol–water partition coefficient (Wildman–Crippen LogP) is 2.99. The summed E-state index contributed by atoms with van der Waals surface area (Å²) < 4.78 is 7.81. The van der Waals surface area contributed by atoms with E-state index < -0.39 is 0 Å². The van der Waals surface area contributed by atoms with Gasteiger partial charge >= 0.3 is 0 Å². The maximum absolute atomic E-state index is 6.28. The van der Waals surface area contributed by atoms with Crippen molar-refractivity contribution < 1.29 is 4.74 Å². The summed E-state index contributed by atoms with van der Waals surface area (Å²) in [7, 11) is 0. The maximum Gasteiger partial charge on any atom is 0.0898 e. The van der Waals surface area contributed by atoms with Crippen LogP contribution in [0, 0.1) is 0 Å². The fourth-order valence-electron chi connectivity index (χ4n) is 3.24. The molecule has 4 rings (SSSR count). The van der Waals surface area contributed by atoms with Gasteiger partial charge < -0.3 is 4.74 Å². The van der Waals surface area contributed by atoms with E-state index in [0.717, 1.165) is 54.3 Å². The lowest BCUT2D eigenvalue weighted by atomic mass is 10.1. The van der Waals surface area contributed by atoms with Gasteiger partial charge in [-0.25, -0.2) is 0 Å². The van der Waals surface area contributed by atoms with Crippen LogP contribution >= 0.6 is 11.6 Å². The molecule has 1 saturated heterocycles. The van der Waals surface area contributed by atoms with E-state index in [-0.39, 0.29) is 6.10 Å². The van der Waals surface area contributed by atoms with E-state index in [9.17, 15) is 0 Å². The average Bonchev–Trinajstić information content (AvgIpc) is 3.08. The molecule has 1 aliphatic rings. The van der Waals surface area contributed by atoms with Crippen LogP contribution in [-0.4, -0.2) is 45.5 Å². The van der Waals surface area contributed by atoms with Gasteiger partial charge in [0.25, 0.3) is 0 Å². The molecule has 0 bridgehead atoms. The van der Waals surface area contributed by atoms with Gasteiger partial charge in [-0.2, -0.15) is 5.10 Å². The fourth-order valence-corrected chi connectivity index (χ4v) is 3.49. The van der Waals surface area contributed by atoms with Crippen molar-refractivity contribution in [2.24, 2.45) is 0 Å². The number of rotatable bonds is 4. The van der Waals surface area contributed by atoms with Crippen molar-refractivity contribution in [3.8, 4) is 0 Å². The van der Waals surface area contributed by atoms with E-state index in [4.69, 9.17) is 16.3 Å². The van der Waals surface area contributed by atoms with Crippen LogP contribution in [0.25, 0.3) is 10.9 Å². The zero-order chi connectivity index (χ0) is 16.4. The highest BCUT2D eigenvalue weighted by molar-refractivity contribution is 6.31. The second kappa shape index (κ2) is 6.89. The van der Waals surface area contributed by atoms with Crippen molar-refractivity contribution in [3.05, 3.63) is 59.5 Å². The van der Waals surface area contributed by atoms with Gasteiger partial charge in [-0.05, 0) is 29.8 Å². The van der Waals surface area contributed by atoms with Gasteiger partial charge in [-0.3, -0.25) is 14.6 Å². The van der Waals surface area contributed by atoms with Gasteiger partial charge in [0.05, 0.1) is 24.8 Å². The quantitative estimate of drug-likeness (QED) is 0.731. The van der Waals surface area contributed by atoms with Crippen LogP contribution in [0.4, 0.5) is 0 Å². The number of halogens is 1. The number of hydrogen-bond donors (Lipinski definition) is 0. The monoisotopic (exact) mass is 342 g/mol. The van der Waals surface area contributed by atoms with Crippen LogP contribution in [-0.2, 0) is 17.8 Å². The third-order valence-electron chi connectivity index (χ3n) is 4.32. The van der Waals surface area contributed by atoms with Crippen molar-refractivity contribution in [3.63, 3.8) is 0 Å². The first-order valence-electron chi connectivity index (χ1n) is 8.12. The largest absolute Gasteiger partial charge is 0.374 e. The molecule has 124 valence electrons. The molecule has 5 nitrogen and oxygen atoms in total. The Kier molecular flexibility index (Phi) is 4.47. The fraction of sp³-hybridized carbons (Fsp3) is 0.333. The highest BCUT2D eigenvalue weighted by atomic mass is 35.5. The molecule has 24 heavy (non-hydrogen) atoms. The molecule has 0 N–H and O–H groups in total. The normalized spacial score (nSPS) is 19.0. The first-order chi connectivity index (χ1) is 11.8. The lowest BCUT2D eigenvalue weighted by Gasteiger charge is -2.33. The van der Waals surface area contributed by atoms with Crippen molar-refractivity contribution in [2.75, 3.05) is 19.7 Å². The number of morpholine rings is 1. The van der Waals surface area contributed by atoms with Crippen molar-refractivity contribution in [1.82, 2.24) is 19.7 Å². The molecule has 0 spiro atoms. The Morgan fingerprint density at radius 3 is 3.08 bits per heavy atom. The zero-order valence-corrected chi connectivity index (χ0v) is 14.1. The Hall–Kier alpha value is -1.95. The van der Waals surface area contributed by atoms with Crippen molar-refractivity contribution in [1.29, 1.82) is 0 Å². The summed E-state index contributed by atoms with van der Waals surface area (Å²) in [5, 5.41) is 6.10. The number of pyridine rings is 1. The minimum absolute atomic E-state index is 0.150.